The Balaban J connectivity index is 1.50. The van der Waals surface area contributed by atoms with Gasteiger partial charge in [-0.05, 0) is 42.7 Å². The molecule has 3 N–H and O–H groups in total. The van der Waals surface area contributed by atoms with E-state index in [0.717, 1.165) is 30.9 Å². The average molecular weight is 419 g/mol. The van der Waals surface area contributed by atoms with Crippen molar-refractivity contribution in [1.29, 1.82) is 0 Å². The third kappa shape index (κ3) is 3.77. The number of hydrogen-bond acceptors (Lipinski definition) is 8. The minimum Gasteiger partial charge on any atom is -0.368 e. The summed E-state index contributed by atoms with van der Waals surface area (Å²) in [6.45, 7) is 3.88. The van der Waals surface area contributed by atoms with Gasteiger partial charge >= 0.3 is 0 Å². The van der Waals surface area contributed by atoms with Gasteiger partial charge in [-0.1, -0.05) is 6.92 Å². The monoisotopic (exact) mass is 419 g/mol. The zero-order chi connectivity index (χ0) is 21.4. The van der Waals surface area contributed by atoms with Crippen LogP contribution in [0.25, 0.3) is 17.0 Å². The van der Waals surface area contributed by atoms with Crippen molar-refractivity contribution in [3.63, 3.8) is 0 Å². The van der Waals surface area contributed by atoms with Crippen LogP contribution in [-0.4, -0.2) is 48.9 Å². The Morgan fingerprint density at radius 3 is 2.87 bits per heavy atom. The van der Waals surface area contributed by atoms with Crippen molar-refractivity contribution in [2.75, 3.05) is 23.3 Å². The number of halogens is 1. The van der Waals surface area contributed by atoms with Gasteiger partial charge in [0.1, 0.15) is 11.4 Å². The van der Waals surface area contributed by atoms with Gasteiger partial charge in [-0.3, -0.25) is 9.97 Å². The Bertz CT molecular complexity index is 1210. The van der Waals surface area contributed by atoms with Crippen molar-refractivity contribution >= 4 is 23.0 Å². The van der Waals surface area contributed by atoms with E-state index in [4.69, 9.17) is 5.73 Å². The molecule has 0 spiro atoms. The normalized spacial score (nSPS) is 19.0. The van der Waals surface area contributed by atoms with Gasteiger partial charge in [-0.25, -0.2) is 4.39 Å². The summed E-state index contributed by atoms with van der Waals surface area (Å²) in [5, 5.41) is 16.2. The Hall–Kier alpha value is -3.66. The van der Waals surface area contributed by atoms with Gasteiger partial charge in [0.25, 0.3) is 5.95 Å². The van der Waals surface area contributed by atoms with Crippen LogP contribution >= 0.6 is 0 Å². The average Bonchev–Trinajstić information content (AvgIpc) is 3.16. The van der Waals surface area contributed by atoms with Gasteiger partial charge in [0.2, 0.25) is 0 Å². The molecule has 0 aromatic carbocycles. The highest BCUT2D eigenvalue weighted by Crippen LogP contribution is 2.31. The first-order chi connectivity index (χ1) is 15.1. The van der Waals surface area contributed by atoms with Crippen molar-refractivity contribution in [2.45, 2.75) is 19.4 Å². The molecule has 10 heteroatoms. The van der Waals surface area contributed by atoms with Crippen molar-refractivity contribution in [2.24, 2.45) is 11.7 Å². The summed E-state index contributed by atoms with van der Waals surface area (Å²) in [5.74, 6) is 0.454. The lowest BCUT2D eigenvalue weighted by atomic mass is 9.96. The van der Waals surface area contributed by atoms with Crippen LogP contribution in [0.5, 0.6) is 0 Å². The summed E-state index contributed by atoms with van der Waals surface area (Å²) in [7, 11) is 0. The summed E-state index contributed by atoms with van der Waals surface area (Å²) >= 11 is 0. The van der Waals surface area contributed by atoms with Gasteiger partial charge in [-0.15, -0.1) is 10.2 Å². The Morgan fingerprint density at radius 2 is 2.03 bits per heavy atom. The fourth-order valence-electron chi connectivity index (χ4n) is 4.04. The molecule has 0 unspecified atom stereocenters. The maximum atomic E-state index is 14.2. The summed E-state index contributed by atoms with van der Waals surface area (Å²) in [5.41, 5.74) is 9.09. The Morgan fingerprint density at radius 1 is 1.13 bits per heavy atom. The van der Waals surface area contributed by atoms with Gasteiger partial charge in [0.05, 0.1) is 17.6 Å². The van der Waals surface area contributed by atoms with Crippen LogP contribution in [-0.2, 0) is 0 Å². The predicted octanol–water partition coefficient (Wildman–Crippen LogP) is 2.64. The molecule has 9 nitrogen and oxygen atoms in total. The van der Waals surface area contributed by atoms with Crippen LogP contribution < -0.4 is 16.0 Å². The maximum Gasteiger partial charge on any atom is 0.250 e. The second-order valence-corrected chi connectivity index (χ2v) is 7.87. The molecule has 158 valence electrons. The van der Waals surface area contributed by atoms with Crippen LogP contribution in [0.15, 0.2) is 48.9 Å². The number of rotatable bonds is 4. The number of nitrogens with two attached hydrogens (primary N) is 1. The molecule has 4 aromatic heterocycles. The fourth-order valence-corrected chi connectivity index (χ4v) is 4.04. The number of pyridine rings is 2. The summed E-state index contributed by atoms with van der Waals surface area (Å²) in [4.78, 5) is 10.6. The van der Waals surface area contributed by atoms with E-state index in [1.165, 1.54) is 16.8 Å². The van der Waals surface area contributed by atoms with E-state index in [-0.39, 0.29) is 11.7 Å². The molecule has 0 saturated carbocycles. The molecule has 1 fully saturated rings. The van der Waals surface area contributed by atoms with E-state index in [1.807, 2.05) is 6.07 Å². The topological polar surface area (TPSA) is 110 Å². The SMILES string of the molecule is C[C@@H]1C[C@H](N)CN(c2ccncc2Nc2nnc3ccc(-c4ncccc4F)nn23)C1. The minimum atomic E-state index is -0.443. The molecule has 1 saturated heterocycles. The minimum absolute atomic E-state index is 0.121. The quantitative estimate of drug-likeness (QED) is 0.519. The largest absolute Gasteiger partial charge is 0.368 e. The summed E-state index contributed by atoms with van der Waals surface area (Å²) in [6, 6.07) is 8.37. The molecule has 0 bridgehead atoms. The molecule has 4 aromatic rings. The third-order valence-corrected chi connectivity index (χ3v) is 5.34. The Labute approximate surface area is 178 Å². The molecular formula is C21H22FN9. The highest BCUT2D eigenvalue weighted by molar-refractivity contribution is 5.73. The molecular weight excluding hydrogens is 397 g/mol. The fraction of sp³-hybridized carbons (Fsp3) is 0.286. The lowest BCUT2D eigenvalue weighted by Crippen LogP contribution is -2.46. The van der Waals surface area contributed by atoms with Crippen molar-refractivity contribution in [1.82, 2.24) is 29.8 Å². The maximum absolute atomic E-state index is 14.2. The van der Waals surface area contributed by atoms with Gasteiger partial charge in [0, 0.05) is 31.5 Å². The van der Waals surface area contributed by atoms with Crippen LogP contribution in [0.4, 0.5) is 21.7 Å². The second-order valence-electron chi connectivity index (χ2n) is 7.87. The van der Waals surface area contributed by atoms with Crippen LogP contribution in [0, 0.1) is 11.7 Å². The molecule has 2 atom stereocenters. The lowest BCUT2D eigenvalue weighted by molar-refractivity contribution is 0.402. The first-order valence-electron chi connectivity index (χ1n) is 10.1. The number of aromatic nitrogens is 6. The number of piperidine rings is 1. The van der Waals surface area contributed by atoms with Gasteiger partial charge < -0.3 is 16.0 Å². The van der Waals surface area contributed by atoms with Crippen LogP contribution in [0.3, 0.4) is 0 Å². The second kappa shape index (κ2) is 7.88. The zero-order valence-electron chi connectivity index (χ0n) is 17.0. The van der Waals surface area contributed by atoms with E-state index in [9.17, 15) is 4.39 Å². The van der Waals surface area contributed by atoms with Gasteiger partial charge in [0.15, 0.2) is 11.5 Å². The van der Waals surface area contributed by atoms with E-state index >= 15 is 0 Å². The smallest absolute Gasteiger partial charge is 0.250 e. The number of fused-ring (bicyclic) bond motifs is 1. The summed E-state index contributed by atoms with van der Waals surface area (Å²) < 4.78 is 15.7. The first kappa shape index (κ1) is 19.3. The zero-order valence-corrected chi connectivity index (χ0v) is 17.0. The van der Waals surface area contributed by atoms with Crippen molar-refractivity contribution in [3.8, 4) is 11.4 Å². The lowest BCUT2D eigenvalue weighted by Gasteiger charge is -2.37. The number of anilines is 3. The van der Waals surface area contributed by atoms with Crippen molar-refractivity contribution < 1.29 is 4.39 Å². The van der Waals surface area contributed by atoms with Crippen LogP contribution in [0.2, 0.25) is 0 Å². The number of nitrogens with zero attached hydrogens (tertiary/aromatic N) is 7. The third-order valence-electron chi connectivity index (χ3n) is 5.34. The number of hydrogen-bond donors (Lipinski definition) is 2. The molecule has 1 aliphatic heterocycles. The Kier molecular flexibility index (Phi) is 4.91. The van der Waals surface area contributed by atoms with E-state index in [1.54, 1.807) is 30.6 Å². The highest BCUT2D eigenvalue weighted by Gasteiger charge is 2.24. The number of nitrogens with one attached hydrogen (secondary N) is 1. The van der Waals surface area contributed by atoms with Crippen LogP contribution in [0.1, 0.15) is 13.3 Å². The molecule has 31 heavy (non-hydrogen) atoms. The van der Waals surface area contributed by atoms with Crippen molar-refractivity contribution in [3.05, 3.63) is 54.7 Å². The predicted molar refractivity (Wildman–Crippen MR) is 115 cm³/mol. The highest BCUT2D eigenvalue weighted by atomic mass is 19.1. The van der Waals surface area contributed by atoms with E-state index < -0.39 is 5.82 Å². The standard InChI is InChI=1S/C21H22FN9/c1-13-9-14(23)12-30(11-13)18-6-8-24-10-17(18)26-21-28-27-19-5-4-16(29-31(19)21)20-15(22)3-2-7-25-20/h2-8,10,13-14H,9,11-12,23H2,1H3,(H,26,28)/t13-,14+/m1/s1. The molecule has 0 amide bonds. The molecule has 5 rings (SSSR count). The molecule has 1 aliphatic rings. The van der Waals surface area contributed by atoms with E-state index in [0.29, 0.717) is 23.2 Å². The van der Waals surface area contributed by atoms with E-state index in [2.05, 4.69) is 42.4 Å². The molecule has 0 radical (unpaired) electrons. The van der Waals surface area contributed by atoms with Gasteiger partial charge in [-0.2, -0.15) is 9.61 Å². The summed E-state index contributed by atoms with van der Waals surface area (Å²) in [6.07, 6.45) is 6.04. The first-order valence-corrected chi connectivity index (χ1v) is 10.1. The molecule has 0 aliphatic carbocycles. The molecule has 5 heterocycles.